The first kappa shape index (κ1) is 26.4. The van der Waals surface area contributed by atoms with Gasteiger partial charge in [0, 0.05) is 11.1 Å². The molecule has 4 nitrogen and oxygen atoms in total. The van der Waals surface area contributed by atoms with E-state index in [0.29, 0.717) is 23.5 Å². The Morgan fingerprint density at radius 3 is 1.81 bits per heavy atom. The minimum Gasteiger partial charge on any atom is -0.496 e. The van der Waals surface area contributed by atoms with E-state index in [0.717, 1.165) is 11.1 Å². The van der Waals surface area contributed by atoms with E-state index in [4.69, 9.17) is 13.9 Å². The van der Waals surface area contributed by atoms with Gasteiger partial charge in [-0.3, -0.25) is 0 Å². The highest BCUT2D eigenvalue weighted by Gasteiger charge is 2.24. The number of hydrogen-bond acceptors (Lipinski definition) is 4. The van der Waals surface area contributed by atoms with Gasteiger partial charge in [0.25, 0.3) is 0 Å². The monoisotopic (exact) mass is 510 g/mol. The molecule has 0 fully saturated rings. The van der Waals surface area contributed by atoms with Crippen LogP contribution in [0.5, 0.6) is 5.75 Å². The van der Waals surface area contributed by atoms with Crippen LogP contribution in [-0.2, 0) is 21.2 Å². The van der Waals surface area contributed by atoms with Crippen LogP contribution in [0.1, 0.15) is 42.3 Å². The number of benzene rings is 4. The minimum atomic E-state index is -1.95. The third-order valence-corrected chi connectivity index (χ3v) is 8.98. The molecule has 190 valence electrons. The molecule has 0 heterocycles. The lowest BCUT2D eigenvalue weighted by atomic mass is 9.85. The zero-order valence-electron chi connectivity index (χ0n) is 22.2. The Labute approximate surface area is 221 Å². The molecule has 0 aliphatic carbocycles. The Morgan fingerprint density at radius 1 is 0.757 bits per heavy atom. The van der Waals surface area contributed by atoms with Crippen molar-refractivity contribution in [3.8, 4) is 16.9 Å². The Bertz CT molecular complexity index is 1290. The SMILES string of the molecule is COC(=O)c1ccc(CO[SiH](c2ccccc2)c2ccccc2)c(OC)c1-c1ccc(C(C)(C)C)cc1. The number of ether oxygens (including phenoxy) is 2. The topological polar surface area (TPSA) is 44.8 Å². The maximum absolute atomic E-state index is 12.7. The number of hydrogen-bond donors (Lipinski definition) is 0. The van der Waals surface area contributed by atoms with Crippen molar-refractivity contribution in [2.45, 2.75) is 32.8 Å². The van der Waals surface area contributed by atoms with E-state index in [9.17, 15) is 4.79 Å². The summed E-state index contributed by atoms with van der Waals surface area (Å²) in [5.74, 6) is 0.224. The van der Waals surface area contributed by atoms with E-state index in [1.165, 1.54) is 23.0 Å². The van der Waals surface area contributed by atoms with Crippen molar-refractivity contribution in [3.05, 3.63) is 114 Å². The van der Waals surface area contributed by atoms with Crippen molar-refractivity contribution in [1.82, 2.24) is 0 Å². The van der Waals surface area contributed by atoms with Crippen molar-refractivity contribution >= 4 is 25.4 Å². The van der Waals surface area contributed by atoms with Crippen LogP contribution in [0.25, 0.3) is 11.1 Å². The molecule has 0 amide bonds. The largest absolute Gasteiger partial charge is 0.496 e. The van der Waals surface area contributed by atoms with Crippen LogP contribution in [0, 0.1) is 0 Å². The van der Waals surface area contributed by atoms with Crippen LogP contribution < -0.4 is 15.1 Å². The average molecular weight is 511 g/mol. The zero-order valence-corrected chi connectivity index (χ0v) is 23.3. The summed E-state index contributed by atoms with van der Waals surface area (Å²) in [6, 6.07) is 32.7. The van der Waals surface area contributed by atoms with Gasteiger partial charge in [0.2, 0.25) is 9.04 Å². The molecule has 0 spiro atoms. The van der Waals surface area contributed by atoms with Gasteiger partial charge in [-0.25, -0.2) is 4.79 Å². The fraction of sp³-hybridized carbons (Fsp3) is 0.219. The maximum Gasteiger partial charge on any atom is 0.338 e. The van der Waals surface area contributed by atoms with Crippen LogP contribution >= 0.6 is 0 Å². The van der Waals surface area contributed by atoms with E-state index in [2.05, 4.69) is 57.2 Å². The molecule has 4 aromatic carbocycles. The molecule has 0 saturated carbocycles. The molecule has 4 aromatic rings. The van der Waals surface area contributed by atoms with Crippen molar-refractivity contribution in [2.24, 2.45) is 0 Å². The maximum atomic E-state index is 12.7. The first-order valence-corrected chi connectivity index (χ1v) is 14.1. The highest BCUT2D eigenvalue weighted by molar-refractivity contribution is 6.80. The normalized spacial score (nSPS) is 11.4. The van der Waals surface area contributed by atoms with Crippen molar-refractivity contribution in [3.63, 3.8) is 0 Å². The summed E-state index contributed by atoms with van der Waals surface area (Å²) in [4.78, 5) is 12.7. The molecule has 0 aromatic heterocycles. The van der Waals surface area contributed by atoms with Crippen molar-refractivity contribution in [1.29, 1.82) is 0 Å². The van der Waals surface area contributed by atoms with Crippen molar-refractivity contribution in [2.75, 3.05) is 14.2 Å². The van der Waals surface area contributed by atoms with E-state index in [1.54, 1.807) is 7.11 Å². The molecule has 4 rings (SSSR count). The number of carbonyl (C=O) groups excluding carboxylic acids is 1. The van der Waals surface area contributed by atoms with Gasteiger partial charge in [-0.1, -0.05) is 112 Å². The third kappa shape index (κ3) is 6.01. The standard InChI is InChI=1S/C32H34O4Si/c1-32(2,3)25-19-16-23(17-20-25)29-28(31(33)35-5)21-18-24(30(29)34-4)22-36-37(26-12-8-6-9-13-26)27-14-10-7-11-15-27/h6-21,37H,22H2,1-5H3. The van der Waals surface area contributed by atoms with Crippen LogP contribution in [0.2, 0.25) is 0 Å². The quantitative estimate of drug-likeness (QED) is 0.232. The van der Waals surface area contributed by atoms with Gasteiger partial charge < -0.3 is 13.9 Å². The summed E-state index contributed by atoms with van der Waals surface area (Å²) >= 11 is 0. The predicted molar refractivity (Wildman–Crippen MR) is 153 cm³/mol. The summed E-state index contributed by atoms with van der Waals surface area (Å²) in [5.41, 5.74) is 4.20. The van der Waals surface area contributed by atoms with Gasteiger partial charge in [0.1, 0.15) is 5.75 Å². The Balaban J connectivity index is 1.75. The van der Waals surface area contributed by atoms with Crippen molar-refractivity contribution < 1.29 is 18.7 Å². The van der Waals surface area contributed by atoms with Gasteiger partial charge in [0.15, 0.2) is 0 Å². The predicted octanol–water partition coefficient (Wildman–Crippen LogP) is 5.50. The molecule has 0 N–H and O–H groups in total. The first-order chi connectivity index (χ1) is 17.8. The molecule has 0 atom stereocenters. The van der Waals surface area contributed by atoms with Gasteiger partial charge in [-0.15, -0.1) is 0 Å². The molecular weight excluding hydrogens is 476 g/mol. The summed E-state index contributed by atoms with van der Waals surface area (Å²) in [6.45, 7) is 6.90. The summed E-state index contributed by atoms with van der Waals surface area (Å²) < 4.78 is 17.7. The van der Waals surface area contributed by atoms with Crippen LogP contribution in [0.4, 0.5) is 0 Å². The number of methoxy groups -OCH3 is 2. The van der Waals surface area contributed by atoms with Gasteiger partial charge >= 0.3 is 5.97 Å². The summed E-state index contributed by atoms with van der Waals surface area (Å²) in [7, 11) is 1.08. The smallest absolute Gasteiger partial charge is 0.338 e. The van der Waals surface area contributed by atoms with Gasteiger partial charge in [-0.2, -0.15) is 0 Å². The lowest BCUT2D eigenvalue weighted by Gasteiger charge is -2.22. The number of esters is 1. The van der Waals surface area contributed by atoms with E-state index in [1.807, 2.05) is 60.7 Å². The Hall–Kier alpha value is -3.67. The van der Waals surface area contributed by atoms with Crippen LogP contribution in [0.3, 0.4) is 0 Å². The van der Waals surface area contributed by atoms with Gasteiger partial charge in [0.05, 0.1) is 26.4 Å². The first-order valence-electron chi connectivity index (χ1n) is 12.4. The lowest BCUT2D eigenvalue weighted by Crippen LogP contribution is -2.44. The molecule has 37 heavy (non-hydrogen) atoms. The molecular formula is C32H34O4Si. The molecule has 0 aliphatic heterocycles. The average Bonchev–Trinajstić information content (AvgIpc) is 2.93. The zero-order chi connectivity index (χ0) is 26.4. The molecule has 0 radical (unpaired) electrons. The minimum absolute atomic E-state index is 0.0258. The van der Waals surface area contributed by atoms with Gasteiger partial charge in [-0.05, 0) is 33.0 Å². The molecule has 0 unspecified atom stereocenters. The molecule has 5 heteroatoms. The highest BCUT2D eigenvalue weighted by Crippen LogP contribution is 2.38. The molecule has 0 bridgehead atoms. The van der Waals surface area contributed by atoms with E-state index < -0.39 is 15.0 Å². The number of carbonyl (C=O) groups is 1. The Kier molecular flexibility index (Phi) is 8.26. The van der Waals surface area contributed by atoms with E-state index in [-0.39, 0.29) is 5.41 Å². The van der Waals surface area contributed by atoms with E-state index >= 15 is 0 Å². The molecule has 0 aliphatic rings. The summed E-state index contributed by atoms with van der Waals surface area (Å²) in [5, 5.41) is 2.41. The fourth-order valence-corrected chi connectivity index (χ4v) is 6.75. The highest BCUT2D eigenvalue weighted by atomic mass is 28.3. The second kappa shape index (κ2) is 11.6. The summed E-state index contributed by atoms with van der Waals surface area (Å²) in [6.07, 6.45) is 0. The molecule has 0 saturated heterocycles. The fourth-order valence-electron chi connectivity index (χ4n) is 4.49. The second-order valence-electron chi connectivity index (χ2n) is 10.0. The van der Waals surface area contributed by atoms with Crippen LogP contribution in [-0.4, -0.2) is 29.2 Å². The lowest BCUT2D eigenvalue weighted by molar-refractivity contribution is 0.0601. The second-order valence-corrected chi connectivity index (χ2v) is 12.4. The Morgan fingerprint density at radius 2 is 1.32 bits per heavy atom. The number of rotatable bonds is 8. The third-order valence-electron chi connectivity index (χ3n) is 6.50. The van der Waals surface area contributed by atoms with Crippen LogP contribution in [0.15, 0.2) is 97.1 Å².